The van der Waals surface area contributed by atoms with Gasteiger partial charge in [-0.15, -0.1) is 0 Å². The van der Waals surface area contributed by atoms with E-state index in [9.17, 15) is 19.2 Å². The first-order valence-electron chi connectivity index (χ1n) is 8.65. The number of hydrogen-bond donors (Lipinski definition) is 1. The van der Waals surface area contributed by atoms with Crippen molar-refractivity contribution in [3.63, 3.8) is 0 Å². The Morgan fingerprint density at radius 3 is 2.43 bits per heavy atom. The maximum Gasteiger partial charge on any atom is 0.313 e. The maximum atomic E-state index is 12.5. The van der Waals surface area contributed by atoms with E-state index in [2.05, 4.69) is 0 Å². The first-order valence-corrected chi connectivity index (χ1v) is 8.65. The molecule has 0 radical (unpaired) electrons. The molecule has 1 aromatic carbocycles. The number of aliphatic hydroxyl groups is 1. The lowest BCUT2D eigenvalue weighted by Gasteiger charge is -2.11. The highest BCUT2D eigenvalue weighted by molar-refractivity contribution is 6.28. The second-order valence-electron chi connectivity index (χ2n) is 6.30. The van der Waals surface area contributed by atoms with Gasteiger partial charge >= 0.3 is 5.97 Å². The summed E-state index contributed by atoms with van der Waals surface area (Å²) in [6, 6.07) is 7.50. The largest absolute Gasteiger partial charge is 0.463 e. The maximum absolute atomic E-state index is 12.5. The summed E-state index contributed by atoms with van der Waals surface area (Å²) in [5, 5.41) is 9.03. The van der Waals surface area contributed by atoms with Gasteiger partial charge in [-0.1, -0.05) is 24.3 Å². The Morgan fingerprint density at radius 1 is 1.07 bits per heavy atom. The predicted octanol–water partition coefficient (Wildman–Crippen LogP) is 1.57. The van der Waals surface area contributed by atoms with Crippen molar-refractivity contribution >= 4 is 23.3 Å². The second kappa shape index (κ2) is 8.28. The Morgan fingerprint density at radius 2 is 1.75 bits per heavy atom. The molecule has 1 aliphatic rings. The van der Waals surface area contributed by atoms with Crippen LogP contribution in [0.15, 0.2) is 34.7 Å². The van der Waals surface area contributed by atoms with Crippen molar-refractivity contribution in [3.05, 3.63) is 58.5 Å². The van der Waals surface area contributed by atoms with E-state index in [-0.39, 0.29) is 48.0 Å². The topological polar surface area (TPSA) is 120 Å². The summed E-state index contributed by atoms with van der Waals surface area (Å²) in [6.07, 6.45) is -1.23. The van der Waals surface area contributed by atoms with Crippen LogP contribution in [0.3, 0.4) is 0 Å². The van der Waals surface area contributed by atoms with Gasteiger partial charge in [-0.05, 0) is 13.0 Å². The normalized spacial score (nSPS) is 13.6. The average Bonchev–Trinajstić information content (AvgIpc) is 3.12. The van der Waals surface area contributed by atoms with E-state index >= 15 is 0 Å². The first-order chi connectivity index (χ1) is 13.4. The van der Waals surface area contributed by atoms with Crippen LogP contribution in [-0.4, -0.2) is 54.4 Å². The van der Waals surface area contributed by atoms with Gasteiger partial charge < -0.3 is 19.0 Å². The van der Waals surface area contributed by atoms with Crippen molar-refractivity contribution in [3.8, 4) is 0 Å². The van der Waals surface area contributed by atoms with Crippen LogP contribution in [0.5, 0.6) is 0 Å². The van der Waals surface area contributed by atoms with Gasteiger partial charge in [0.15, 0.2) is 17.3 Å². The summed E-state index contributed by atoms with van der Waals surface area (Å²) in [5.74, 6) is -2.84. The van der Waals surface area contributed by atoms with Gasteiger partial charge in [-0.2, -0.15) is 0 Å². The number of rotatable bonds is 8. The third-order valence-electron chi connectivity index (χ3n) is 4.03. The van der Waals surface area contributed by atoms with Crippen LogP contribution in [-0.2, 0) is 14.3 Å². The summed E-state index contributed by atoms with van der Waals surface area (Å²) in [7, 11) is 0. The quantitative estimate of drug-likeness (QED) is 0.268. The van der Waals surface area contributed by atoms with E-state index in [0.717, 1.165) is 0 Å². The predicted molar refractivity (Wildman–Crippen MR) is 94.4 cm³/mol. The highest BCUT2D eigenvalue weighted by atomic mass is 16.6. The molecule has 28 heavy (non-hydrogen) atoms. The fraction of sp³-hybridized carbons (Fsp3) is 0.300. The number of carbonyl (C=O) groups is 4. The molecule has 0 aliphatic heterocycles. The van der Waals surface area contributed by atoms with Crippen molar-refractivity contribution in [1.82, 2.24) is 0 Å². The Hall–Kier alpha value is -3.10. The van der Waals surface area contributed by atoms with Gasteiger partial charge in [-0.25, -0.2) is 0 Å². The van der Waals surface area contributed by atoms with Crippen molar-refractivity contribution in [2.75, 3.05) is 19.8 Å². The van der Waals surface area contributed by atoms with Crippen LogP contribution >= 0.6 is 0 Å². The van der Waals surface area contributed by atoms with Crippen LogP contribution in [0.2, 0.25) is 0 Å². The standard InChI is InChI=1S/C20H18O8/c1-11(21)10-26-6-7-27-17(23)9-15(22)16-8-14-18(24)12-4-2-3-5-13(12)19(25)20(14)28-16/h2-5,8,11,21H,6-7,9-10H2,1H3. The Kier molecular flexibility index (Phi) is 5.81. The zero-order valence-corrected chi connectivity index (χ0v) is 15.1. The van der Waals surface area contributed by atoms with Crippen molar-refractivity contribution in [2.24, 2.45) is 0 Å². The van der Waals surface area contributed by atoms with Gasteiger partial charge in [0.2, 0.25) is 11.6 Å². The zero-order valence-electron chi connectivity index (χ0n) is 15.1. The van der Waals surface area contributed by atoms with Crippen molar-refractivity contribution < 1.29 is 38.2 Å². The van der Waals surface area contributed by atoms with Crippen LogP contribution < -0.4 is 0 Å². The van der Waals surface area contributed by atoms with E-state index in [0.29, 0.717) is 0 Å². The molecule has 1 atom stereocenters. The van der Waals surface area contributed by atoms with Gasteiger partial charge in [-0.3, -0.25) is 19.2 Å². The summed E-state index contributed by atoms with van der Waals surface area (Å²) in [4.78, 5) is 49.0. The monoisotopic (exact) mass is 386 g/mol. The van der Waals surface area contributed by atoms with E-state index < -0.39 is 35.8 Å². The number of benzene rings is 1. The Labute approximate surface area is 160 Å². The molecule has 8 heteroatoms. The van der Waals surface area contributed by atoms with Crippen molar-refractivity contribution in [2.45, 2.75) is 19.4 Å². The third-order valence-corrected chi connectivity index (χ3v) is 4.03. The molecule has 1 aromatic heterocycles. The Bertz CT molecular complexity index is 885. The fourth-order valence-corrected chi connectivity index (χ4v) is 2.75. The molecular weight excluding hydrogens is 368 g/mol. The molecule has 146 valence electrons. The Balaban J connectivity index is 1.63. The van der Waals surface area contributed by atoms with E-state index in [4.69, 9.17) is 19.0 Å². The third kappa shape index (κ3) is 4.08. The summed E-state index contributed by atoms with van der Waals surface area (Å²) >= 11 is 0. The molecular formula is C20H18O8. The minimum Gasteiger partial charge on any atom is -0.463 e. The minimum absolute atomic E-state index is 0.00643. The molecule has 8 nitrogen and oxygen atoms in total. The second-order valence-corrected chi connectivity index (χ2v) is 6.30. The molecule has 0 saturated carbocycles. The zero-order chi connectivity index (χ0) is 20.3. The lowest BCUT2D eigenvalue weighted by atomic mass is 9.88. The van der Waals surface area contributed by atoms with Crippen LogP contribution in [0, 0.1) is 0 Å². The van der Waals surface area contributed by atoms with Gasteiger partial charge in [0.05, 0.1) is 24.9 Å². The van der Waals surface area contributed by atoms with Crippen LogP contribution in [0.4, 0.5) is 0 Å². The highest BCUT2D eigenvalue weighted by Gasteiger charge is 2.34. The molecule has 1 unspecified atom stereocenters. The summed E-state index contributed by atoms with van der Waals surface area (Å²) < 4.78 is 15.2. The summed E-state index contributed by atoms with van der Waals surface area (Å²) in [5.41, 5.74) is 0.466. The summed E-state index contributed by atoms with van der Waals surface area (Å²) in [6.45, 7) is 1.68. The lowest BCUT2D eigenvalue weighted by molar-refractivity contribution is -0.144. The average molecular weight is 386 g/mol. The van der Waals surface area contributed by atoms with E-state index in [1.54, 1.807) is 19.1 Å². The van der Waals surface area contributed by atoms with Crippen LogP contribution in [0.1, 0.15) is 55.9 Å². The minimum atomic E-state index is -0.791. The highest BCUT2D eigenvalue weighted by Crippen LogP contribution is 2.30. The number of ketones is 3. The first kappa shape index (κ1) is 19.7. The number of esters is 1. The SMILES string of the molecule is CC(O)COCCOC(=O)CC(=O)c1cc2c(o1)C(=O)c1ccccc1C2=O. The number of furan rings is 1. The van der Waals surface area contributed by atoms with Gasteiger partial charge in [0.25, 0.3) is 0 Å². The number of aliphatic hydroxyl groups excluding tert-OH is 1. The van der Waals surface area contributed by atoms with Gasteiger partial charge in [0, 0.05) is 11.1 Å². The van der Waals surface area contributed by atoms with Crippen LogP contribution in [0.25, 0.3) is 0 Å². The lowest BCUT2D eigenvalue weighted by Crippen LogP contribution is -2.18. The smallest absolute Gasteiger partial charge is 0.313 e. The van der Waals surface area contributed by atoms with E-state index in [1.165, 1.54) is 18.2 Å². The molecule has 0 spiro atoms. The molecule has 0 saturated heterocycles. The number of Topliss-reactive ketones (excluding diaryl/α,β-unsaturated/α-hetero) is 1. The number of fused-ring (bicyclic) bond motifs is 2. The molecule has 1 heterocycles. The molecule has 0 bridgehead atoms. The number of carbonyl (C=O) groups excluding carboxylic acids is 4. The molecule has 1 N–H and O–H groups in total. The molecule has 3 rings (SSSR count). The van der Waals surface area contributed by atoms with Gasteiger partial charge in [0.1, 0.15) is 13.0 Å². The fourth-order valence-electron chi connectivity index (χ4n) is 2.75. The number of hydrogen-bond acceptors (Lipinski definition) is 8. The van der Waals surface area contributed by atoms with E-state index in [1.807, 2.05) is 0 Å². The molecule has 0 amide bonds. The molecule has 1 aliphatic carbocycles. The molecule has 2 aromatic rings. The molecule has 0 fully saturated rings. The van der Waals surface area contributed by atoms with Crippen molar-refractivity contribution in [1.29, 1.82) is 0 Å². The number of ether oxygens (including phenoxy) is 2.